The van der Waals surface area contributed by atoms with E-state index in [9.17, 15) is 19.3 Å². The predicted octanol–water partition coefficient (Wildman–Crippen LogP) is 3.45. The van der Waals surface area contributed by atoms with Crippen LogP contribution in [0.1, 0.15) is 30.5 Å². The normalized spacial score (nSPS) is 17.0. The number of carbonyl (C=O) groups excluding carboxylic acids is 1. The molecule has 0 radical (unpaired) electrons. The van der Waals surface area contributed by atoms with Gasteiger partial charge in [-0.15, -0.1) is 0 Å². The molecule has 27 heavy (non-hydrogen) atoms. The number of nitrogens with zero attached hydrogens (tertiary/aromatic N) is 3. The number of amides is 1. The summed E-state index contributed by atoms with van der Waals surface area (Å²) in [5.74, 6) is -0.689. The third-order valence-corrected chi connectivity index (χ3v) is 4.59. The monoisotopic (exact) mass is 371 g/mol. The van der Waals surface area contributed by atoms with E-state index in [4.69, 9.17) is 4.84 Å². The van der Waals surface area contributed by atoms with Crippen LogP contribution >= 0.6 is 0 Å². The number of nitro benzene ring substituents is 1. The summed E-state index contributed by atoms with van der Waals surface area (Å²) in [5, 5.41) is 14.9. The van der Waals surface area contributed by atoms with Crippen LogP contribution < -0.4 is 0 Å². The van der Waals surface area contributed by atoms with E-state index in [1.54, 1.807) is 38.2 Å². The Morgan fingerprint density at radius 2 is 2.07 bits per heavy atom. The minimum Gasteiger partial charge on any atom is -0.382 e. The highest BCUT2D eigenvalue weighted by Crippen LogP contribution is 2.26. The van der Waals surface area contributed by atoms with Crippen LogP contribution in [0.2, 0.25) is 0 Å². The van der Waals surface area contributed by atoms with Crippen molar-refractivity contribution in [3.05, 3.63) is 75.6 Å². The molecule has 2 atom stereocenters. The third kappa shape index (κ3) is 3.94. The van der Waals surface area contributed by atoms with Gasteiger partial charge < -0.3 is 9.74 Å². The van der Waals surface area contributed by atoms with E-state index in [-0.39, 0.29) is 29.9 Å². The van der Waals surface area contributed by atoms with Gasteiger partial charge in [0, 0.05) is 31.2 Å². The van der Waals surface area contributed by atoms with Gasteiger partial charge in [-0.25, -0.2) is 4.39 Å². The Bertz CT molecular complexity index is 915. The Hall–Kier alpha value is -3.29. The van der Waals surface area contributed by atoms with E-state index < -0.39 is 11.0 Å². The Kier molecular flexibility index (Phi) is 5.16. The molecule has 1 amide bonds. The minimum absolute atomic E-state index is 0.0333. The number of nitro groups is 1. The van der Waals surface area contributed by atoms with Crippen molar-refractivity contribution in [1.29, 1.82) is 0 Å². The molecular formula is C19H18FN3O4. The molecular weight excluding hydrogens is 353 g/mol. The van der Waals surface area contributed by atoms with Gasteiger partial charge in [-0.2, -0.15) is 0 Å². The Balaban J connectivity index is 1.69. The fraction of sp³-hybridized carbons (Fsp3) is 0.263. The molecule has 0 N–H and O–H groups in total. The van der Waals surface area contributed by atoms with Crippen LogP contribution in [-0.2, 0) is 9.63 Å². The quantitative estimate of drug-likeness (QED) is 0.595. The maximum atomic E-state index is 13.4. The van der Waals surface area contributed by atoms with E-state index in [0.717, 1.165) is 0 Å². The number of likely N-dealkylation sites (N-methyl/N-ethyl adjacent to an activating group) is 1. The lowest BCUT2D eigenvalue weighted by atomic mass is 10.0. The van der Waals surface area contributed by atoms with E-state index in [1.165, 1.54) is 29.2 Å². The molecule has 0 bridgehead atoms. The van der Waals surface area contributed by atoms with Crippen molar-refractivity contribution in [2.45, 2.75) is 25.5 Å². The summed E-state index contributed by atoms with van der Waals surface area (Å²) in [6.45, 7) is 1.78. The molecule has 0 saturated heterocycles. The second kappa shape index (κ2) is 7.53. The number of hydrogen-bond donors (Lipinski definition) is 0. The summed E-state index contributed by atoms with van der Waals surface area (Å²) in [6.07, 6.45) is -0.580. The van der Waals surface area contributed by atoms with Crippen LogP contribution in [0, 0.1) is 15.9 Å². The van der Waals surface area contributed by atoms with Crippen molar-refractivity contribution in [2.24, 2.45) is 5.16 Å². The second-order valence-electron chi connectivity index (χ2n) is 6.32. The molecule has 1 aliphatic heterocycles. The number of carbonyl (C=O) groups is 1. The molecule has 2 unspecified atom stereocenters. The van der Waals surface area contributed by atoms with Gasteiger partial charge in [-0.05, 0) is 24.6 Å². The summed E-state index contributed by atoms with van der Waals surface area (Å²) in [4.78, 5) is 29.9. The molecule has 0 saturated carbocycles. The van der Waals surface area contributed by atoms with E-state index in [1.807, 2.05) is 0 Å². The van der Waals surface area contributed by atoms with Crippen LogP contribution in [0.4, 0.5) is 10.1 Å². The summed E-state index contributed by atoms with van der Waals surface area (Å²) >= 11 is 0. The van der Waals surface area contributed by atoms with Gasteiger partial charge in [0.05, 0.1) is 16.7 Å². The lowest BCUT2D eigenvalue weighted by Crippen LogP contribution is -2.38. The number of non-ortho nitro benzene ring substituents is 1. The van der Waals surface area contributed by atoms with Gasteiger partial charge in [-0.3, -0.25) is 14.9 Å². The van der Waals surface area contributed by atoms with Gasteiger partial charge in [0.2, 0.25) is 6.10 Å². The molecule has 0 aromatic heterocycles. The predicted molar refractivity (Wildman–Crippen MR) is 96.7 cm³/mol. The SMILES string of the molecule is CC(c1cccc([N+](=O)[O-])c1)N(C)C(=O)C1CC(c2cccc(F)c2)=NO1. The molecule has 1 heterocycles. The highest BCUT2D eigenvalue weighted by Gasteiger charge is 2.33. The first kappa shape index (κ1) is 18.5. The summed E-state index contributed by atoms with van der Waals surface area (Å²) in [7, 11) is 1.61. The number of halogens is 1. The zero-order valence-corrected chi connectivity index (χ0v) is 14.8. The minimum atomic E-state index is -0.811. The average Bonchev–Trinajstić information content (AvgIpc) is 3.16. The van der Waals surface area contributed by atoms with Crippen molar-refractivity contribution >= 4 is 17.3 Å². The van der Waals surface area contributed by atoms with Crippen LogP contribution in [-0.4, -0.2) is 34.6 Å². The molecule has 0 spiro atoms. The lowest BCUT2D eigenvalue weighted by molar-refractivity contribution is -0.384. The highest BCUT2D eigenvalue weighted by molar-refractivity contribution is 6.04. The van der Waals surface area contributed by atoms with Crippen LogP contribution in [0.25, 0.3) is 0 Å². The van der Waals surface area contributed by atoms with Crippen LogP contribution in [0.3, 0.4) is 0 Å². The van der Waals surface area contributed by atoms with Crippen molar-refractivity contribution in [3.63, 3.8) is 0 Å². The fourth-order valence-electron chi connectivity index (χ4n) is 2.89. The topological polar surface area (TPSA) is 85.0 Å². The van der Waals surface area contributed by atoms with Crippen LogP contribution in [0.15, 0.2) is 53.7 Å². The summed E-state index contributed by atoms with van der Waals surface area (Å²) < 4.78 is 13.4. The van der Waals surface area contributed by atoms with Crippen molar-refractivity contribution in [1.82, 2.24) is 4.90 Å². The van der Waals surface area contributed by atoms with E-state index in [2.05, 4.69) is 5.16 Å². The number of rotatable bonds is 5. The second-order valence-corrected chi connectivity index (χ2v) is 6.32. The van der Waals surface area contributed by atoms with Crippen molar-refractivity contribution in [2.75, 3.05) is 7.05 Å². The third-order valence-electron chi connectivity index (χ3n) is 4.59. The van der Waals surface area contributed by atoms with Gasteiger partial charge in [-0.1, -0.05) is 29.4 Å². The highest BCUT2D eigenvalue weighted by atomic mass is 19.1. The molecule has 3 rings (SSSR count). The first-order valence-electron chi connectivity index (χ1n) is 8.36. The van der Waals surface area contributed by atoms with Crippen molar-refractivity contribution < 1.29 is 18.9 Å². The molecule has 8 heteroatoms. The summed E-state index contributed by atoms with van der Waals surface area (Å²) in [5.41, 5.74) is 1.68. The molecule has 1 aliphatic rings. The first-order chi connectivity index (χ1) is 12.9. The Labute approximate surface area is 155 Å². The molecule has 2 aromatic rings. The van der Waals surface area contributed by atoms with Gasteiger partial charge in [0.1, 0.15) is 5.82 Å². The largest absolute Gasteiger partial charge is 0.382 e. The maximum Gasteiger partial charge on any atom is 0.269 e. The Morgan fingerprint density at radius 1 is 1.33 bits per heavy atom. The molecule has 2 aromatic carbocycles. The average molecular weight is 371 g/mol. The van der Waals surface area contributed by atoms with E-state index >= 15 is 0 Å². The lowest BCUT2D eigenvalue weighted by Gasteiger charge is -2.26. The molecule has 0 aliphatic carbocycles. The van der Waals surface area contributed by atoms with Crippen molar-refractivity contribution in [3.8, 4) is 0 Å². The maximum absolute atomic E-state index is 13.4. The van der Waals surface area contributed by atoms with Gasteiger partial charge in [0.25, 0.3) is 11.6 Å². The zero-order valence-electron chi connectivity index (χ0n) is 14.8. The first-order valence-corrected chi connectivity index (χ1v) is 8.36. The number of oxime groups is 1. The fourth-order valence-corrected chi connectivity index (χ4v) is 2.89. The zero-order chi connectivity index (χ0) is 19.6. The molecule has 140 valence electrons. The van der Waals surface area contributed by atoms with Gasteiger partial charge in [0.15, 0.2) is 0 Å². The smallest absolute Gasteiger partial charge is 0.269 e. The van der Waals surface area contributed by atoms with E-state index in [0.29, 0.717) is 16.8 Å². The molecule has 7 nitrogen and oxygen atoms in total. The molecule has 0 fully saturated rings. The number of benzene rings is 2. The number of hydrogen-bond acceptors (Lipinski definition) is 5. The standard InChI is InChI=1S/C19H18FN3O4/c1-12(13-5-4-8-16(10-13)23(25)26)22(2)19(24)18-11-17(21-27-18)14-6-3-7-15(20)9-14/h3-10,12,18H,11H2,1-2H3. The van der Waals surface area contributed by atoms with Gasteiger partial charge >= 0.3 is 0 Å². The summed E-state index contributed by atoms with van der Waals surface area (Å²) in [6, 6.07) is 11.7. The Morgan fingerprint density at radius 3 is 2.78 bits per heavy atom. The van der Waals surface area contributed by atoms with Crippen LogP contribution in [0.5, 0.6) is 0 Å².